The van der Waals surface area contributed by atoms with Gasteiger partial charge in [0.2, 0.25) is 11.1 Å². The van der Waals surface area contributed by atoms with Gasteiger partial charge in [-0.25, -0.2) is 0 Å². The molecular formula is C18H23N5OS. The maximum absolute atomic E-state index is 12.3. The standard InChI is InChI=1S/C18H23N5OS/c1-12(16-10-13-7-8-14(16)9-13)19-17(24)11-25-18-20-21-22-23(18)15-5-3-2-4-6-15/h2-6,12-14,16H,7-11H2,1H3,(H,19,24)/t12-,13+,14+,16-/m1/s1. The van der Waals surface area contributed by atoms with E-state index < -0.39 is 0 Å². The molecule has 6 nitrogen and oxygen atoms in total. The van der Waals surface area contributed by atoms with Crippen molar-refractivity contribution in [1.82, 2.24) is 25.5 Å². The Morgan fingerprint density at radius 1 is 1.32 bits per heavy atom. The van der Waals surface area contributed by atoms with Crippen LogP contribution in [-0.4, -0.2) is 37.9 Å². The van der Waals surface area contributed by atoms with Gasteiger partial charge in [0, 0.05) is 6.04 Å². The lowest BCUT2D eigenvalue weighted by Crippen LogP contribution is -2.40. The predicted octanol–water partition coefficient (Wildman–Crippen LogP) is 2.70. The zero-order valence-electron chi connectivity index (χ0n) is 14.3. The molecule has 0 unspecified atom stereocenters. The van der Waals surface area contributed by atoms with Crippen LogP contribution in [0.1, 0.15) is 32.6 Å². The van der Waals surface area contributed by atoms with Gasteiger partial charge in [0.15, 0.2) is 0 Å². The first-order valence-corrected chi connectivity index (χ1v) is 9.95. The van der Waals surface area contributed by atoms with Crippen molar-refractivity contribution in [2.45, 2.75) is 43.8 Å². The van der Waals surface area contributed by atoms with Crippen LogP contribution in [0.25, 0.3) is 5.69 Å². The maximum Gasteiger partial charge on any atom is 0.230 e. The molecule has 0 radical (unpaired) electrons. The first kappa shape index (κ1) is 16.6. The van der Waals surface area contributed by atoms with Crippen molar-refractivity contribution in [2.75, 3.05) is 5.75 Å². The lowest BCUT2D eigenvalue weighted by atomic mass is 9.84. The van der Waals surface area contributed by atoms with Crippen LogP contribution in [0.4, 0.5) is 0 Å². The molecule has 2 aromatic rings. The Labute approximate surface area is 151 Å². The zero-order chi connectivity index (χ0) is 17.2. The summed E-state index contributed by atoms with van der Waals surface area (Å²) in [6.07, 6.45) is 5.38. The van der Waals surface area contributed by atoms with Gasteiger partial charge >= 0.3 is 0 Å². The number of fused-ring (bicyclic) bond motifs is 2. The quantitative estimate of drug-likeness (QED) is 0.805. The van der Waals surface area contributed by atoms with Gasteiger partial charge in [0.25, 0.3) is 0 Å². The molecule has 7 heteroatoms. The van der Waals surface area contributed by atoms with Crippen molar-refractivity contribution in [3.8, 4) is 5.69 Å². The fourth-order valence-corrected chi connectivity index (χ4v) is 5.14. The second kappa shape index (κ2) is 7.15. The van der Waals surface area contributed by atoms with Crippen molar-refractivity contribution < 1.29 is 4.79 Å². The van der Waals surface area contributed by atoms with Gasteiger partial charge in [-0.2, -0.15) is 4.68 Å². The molecule has 2 aliphatic carbocycles. The number of amides is 1. The monoisotopic (exact) mass is 357 g/mol. The van der Waals surface area contributed by atoms with Crippen molar-refractivity contribution >= 4 is 17.7 Å². The van der Waals surface area contributed by atoms with E-state index in [1.54, 1.807) is 4.68 Å². The maximum atomic E-state index is 12.3. The summed E-state index contributed by atoms with van der Waals surface area (Å²) < 4.78 is 1.66. The van der Waals surface area contributed by atoms with Crippen LogP contribution in [0.3, 0.4) is 0 Å². The zero-order valence-corrected chi connectivity index (χ0v) is 15.2. The van der Waals surface area contributed by atoms with Crippen LogP contribution in [0.15, 0.2) is 35.5 Å². The number of tetrazole rings is 1. The molecule has 0 spiro atoms. The molecule has 1 aromatic carbocycles. The van der Waals surface area contributed by atoms with Gasteiger partial charge in [0.1, 0.15) is 0 Å². The van der Waals surface area contributed by atoms with Crippen LogP contribution in [0.5, 0.6) is 0 Å². The van der Waals surface area contributed by atoms with E-state index in [0.29, 0.717) is 16.8 Å². The van der Waals surface area contributed by atoms with Crippen molar-refractivity contribution in [1.29, 1.82) is 0 Å². The molecular weight excluding hydrogens is 334 g/mol. The van der Waals surface area contributed by atoms with Crippen LogP contribution < -0.4 is 5.32 Å². The molecule has 0 saturated heterocycles. The van der Waals surface area contributed by atoms with Gasteiger partial charge in [-0.15, -0.1) is 5.10 Å². The minimum atomic E-state index is 0.0582. The smallest absolute Gasteiger partial charge is 0.230 e. The summed E-state index contributed by atoms with van der Waals surface area (Å²) in [4.78, 5) is 12.3. The normalized spacial score (nSPS) is 25.9. The van der Waals surface area contributed by atoms with Crippen molar-refractivity contribution in [3.63, 3.8) is 0 Å². The minimum Gasteiger partial charge on any atom is -0.353 e. The van der Waals surface area contributed by atoms with Gasteiger partial charge in [-0.3, -0.25) is 4.79 Å². The molecule has 1 aromatic heterocycles. The molecule has 2 fully saturated rings. The fraction of sp³-hybridized carbons (Fsp3) is 0.556. The molecule has 4 atom stereocenters. The number of aromatic nitrogens is 4. The highest BCUT2D eigenvalue weighted by Gasteiger charge is 2.42. The number of rotatable bonds is 6. The fourth-order valence-electron chi connectivity index (χ4n) is 4.44. The van der Waals surface area contributed by atoms with E-state index >= 15 is 0 Å². The molecule has 4 rings (SSSR count). The number of para-hydroxylation sites is 1. The Morgan fingerprint density at radius 3 is 2.88 bits per heavy atom. The van der Waals surface area contributed by atoms with Gasteiger partial charge in [0.05, 0.1) is 11.4 Å². The Balaban J connectivity index is 1.32. The lowest BCUT2D eigenvalue weighted by molar-refractivity contribution is -0.119. The molecule has 2 aliphatic rings. The van der Waals surface area contributed by atoms with E-state index in [1.165, 1.54) is 37.4 Å². The summed E-state index contributed by atoms with van der Waals surface area (Å²) in [5.74, 6) is 2.76. The Kier molecular flexibility index (Phi) is 4.74. The van der Waals surface area contributed by atoms with Crippen molar-refractivity contribution in [3.05, 3.63) is 30.3 Å². The number of thioether (sulfide) groups is 1. The number of carbonyl (C=O) groups excluding carboxylic acids is 1. The summed E-state index contributed by atoms with van der Waals surface area (Å²) in [6, 6.07) is 9.97. The third-order valence-electron chi connectivity index (χ3n) is 5.60. The molecule has 25 heavy (non-hydrogen) atoms. The third-order valence-corrected chi connectivity index (χ3v) is 6.52. The number of hydrogen-bond donors (Lipinski definition) is 1. The second-order valence-corrected chi connectivity index (χ2v) is 8.13. The number of nitrogens with one attached hydrogen (secondary N) is 1. The van der Waals surface area contributed by atoms with E-state index in [9.17, 15) is 4.79 Å². The van der Waals surface area contributed by atoms with E-state index in [4.69, 9.17) is 0 Å². The lowest BCUT2D eigenvalue weighted by Gasteiger charge is -2.28. The van der Waals surface area contributed by atoms with Crippen LogP contribution in [-0.2, 0) is 4.79 Å². The van der Waals surface area contributed by atoms with E-state index in [1.807, 2.05) is 30.3 Å². The average molecular weight is 357 g/mol. The summed E-state index contributed by atoms with van der Waals surface area (Å²) in [5, 5.41) is 15.6. The molecule has 1 amide bonds. The van der Waals surface area contributed by atoms with Crippen molar-refractivity contribution in [2.24, 2.45) is 17.8 Å². The highest BCUT2D eigenvalue weighted by atomic mass is 32.2. The number of nitrogens with zero attached hydrogens (tertiary/aromatic N) is 4. The SMILES string of the molecule is C[C@@H](NC(=O)CSc1nnnn1-c1ccccc1)[C@H]1C[C@H]2CC[C@H]1C2. The van der Waals surface area contributed by atoms with Crippen LogP contribution >= 0.6 is 11.8 Å². The molecule has 0 aliphatic heterocycles. The van der Waals surface area contributed by atoms with E-state index in [0.717, 1.165) is 17.5 Å². The number of benzene rings is 1. The summed E-state index contributed by atoms with van der Waals surface area (Å²) in [7, 11) is 0. The predicted molar refractivity (Wildman–Crippen MR) is 96.4 cm³/mol. The highest BCUT2D eigenvalue weighted by Crippen LogP contribution is 2.49. The van der Waals surface area contributed by atoms with Gasteiger partial charge in [-0.1, -0.05) is 36.4 Å². The third kappa shape index (κ3) is 3.56. The molecule has 2 bridgehead atoms. The Bertz CT molecular complexity index is 734. The first-order valence-electron chi connectivity index (χ1n) is 8.96. The van der Waals surface area contributed by atoms with E-state index in [-0.39, 0.29) is 11.9 Å². The Morgan fingerprint density at radius 2 is 2.16 bits per heavy atom. The summed E-state index contributed by atoms with van der Waals surface area (Å²) in [5.41, 5.74) is 0.894. The summed E-state index contributed by atoms with van der Waals surface area (Å²) in [6.45, 7) is 2.15. The summed E-state index contributed by atoms with van der Waals surface area (Å²) >= 11 is 1.37. The molecule has 132 valence electrons. The topological polar surface area (TPSA) is 72.7 Å². The van der Waals surface area contributed by atoms with Gasteiger partial charge in [-0.05, 0) is 66.5 Å². The number of carbonyl (C=O) groups is 1. The average Bonchev–Trinajstić information content (AvgIpc) is 3.37. The molecule has 1 N–H and O–H groups in total. The Hall–Kier alpha value is -1.89. The second-order valence-electron chi connectivity index (χ2n) is 7.19. The highest BCUT2D eigenvalue weighted by molar-refractivity contribution is 7.99. The molecule has 1 heterocycles. The van der Waals surface area contributed by atoms with Crippen LogP contribution in [0.2, 0.25) is 0 Å². The minimum absolute atomic E-state index is 0.0582. The first-order chi connectivity index (χ1) is 12.2. The van der Waals surface area contributed by atoms with Crippen LogP contribution in [0, 0.1) is 17.8 Å². The largest absolute Gasteiger partial charge is 0.353 e. The number of hydrogen-bond acceptors (Lipinski definition) is 5. The van der Waals surface area contributed by atoms with Gasteiger partial charge < -0.3 is 5.32 Å². The van der Waals surface area contributed by atoms with E-state index in [2.05, 4.69) is 27.8 Å². The molecule has 2 saturated carbocycles.